The molecule has 2 unspecified atom stereocenters. The normalized spacial score (nSPS) is 24.3. The first-order valence-electron chi connectivity index (χ1n) is 9.84. The standard InChI is InChI=1S/C21H25N3O3S/c25-21(18-10-11-19(22-15-18)16-6-2-1-3-7-16)23-14-17-8-4-9-20(17)24-12-5-13-28(24,26)27/h1-3,6-7,10-11,15,17,20H,4-5,8-9,12-14H2,(H,23,25). The van der Waals surface area contributed by atoms with Crippen LogP contribution in [0.4, 0.5) is 0 Å². The van der Waals surface area contributed by atoms with Gasteiger partial charge in [0.05, 0.1) is 17.0 Å². The number of carbonyl (C=O) groups is 1. The van der Waals surface area contributed by atoms with Gasteiger partial charge in [0, 0.05) is 30.9 Å². The molecule has 2 aliphatic rings. The summed E-state index contributed by atoms with van der Waals surface area (Å²) in [4.78, 5) is 16.9. The first kappa shape index (κ1) is 19.1. The lowest BCUT2D eigenvalue weighted by Crippen LogP contribution is -2.43. The fraction of sp³-hybridized carbons (Fsp3) is 0.429. The van der Waals surface area contributed by atoms with Gasteiger partial charge in [0.2, 0.25) is 10.0 Å². The van der Waals surface area contributed by atoms with Crippen LogP contribution in [0.1, 0.15) is 36.0 Å². The summed E-state index contributed by atoms with van der Waals surface area (Å²) in [7, 11) is -3.11. The Morgan fingerprint density at radius 1 is 1.11 bits per heavy atom. The molecule has 2 atom stereocenters. The molecule has 6 nitrogen and oxygen atoms in total. The molecule has 1 aliphatic carbocycles. The van der Waals surface area contributed by atoms with Crippen molar-refractivity contribution in [2.24, 2.45) is 5.92 Å². The highest BCUT2D eigenvalue weighted by atomic mass is 32.2. The number of hydrogen-bond donors (Lipinski definition) is 1. The van der Waals surface area contributed by atoms with Crippen LogP contribution in [-0.4, -0.2) is 48.5 Å². The van der Waals surface area contributed by atoms with Crippen LogP contribution in [0.25, 0.3) is 11.3 Å². The van der Waals surface area contributed by atoms with Crippen molar-refractivity contribution in [2.45, 2.75) is 31.7 Å². The van der Waals surface area contributed by atoms with E-state index < -0.39 is 10.0 Å². The quantitative estimate of drug-likeness (QED) is 0.838. The van der Waals surface area contributed by atoms with Gasteiger partial charge >= 0.3 is 0 Å². The SMILES string of the molecule is O=C(NCC1CCCC1N1CCCS1(=O)=O)c1ccc(-c2ccccc2)nc1. The van der Waals surface area contributed by atoms with Crippen molar-refractivity contribution in [1.29, 1.82) is 0 Å². The molecule has 1 amide bonds. The van der Waals surface area contributed by atoms with Crippen molar-refractivity contribution in [3.05, 3.63) is 54.2 Å². The molecule has 28 heavy (non-hydrogen) atoms. The predicted molar refractivity (Wildman–Crippen MR) is 108 cm³/mol. The average Bonchev–Trinajstić information content (AvgIpc) is 3.32. The van der Waals surface area contributed by atoms with Crippen LogP contribution in [0.3, 0.4) is 0 Å². The number of nitrogens with one attached hydrogen (secondary N) is 1. The molecular formula is C21H25N3O3S. The zero-order valence-electron chi connectivity index (χ0n) is 15.8. The molecule has 2 aromatic rings. The summed E-state index contributed by atoms with van der Waals surface area (Å²) in [5.74, 6) is 0.262. The van der Waals surface area contributed by atoms with Crippen LogP contribution in [0.2, 0.25) is 0 Å². The summed E-state index contributed by atoms with van der Waals surface area (Å²) in [6.07, 6.45) is 5.13. The minimum absolute atomic E-state index is 0.0198. The summed E-state index contributed by atoms with van der Waals surface area (Å²) >= 11 is 0. The molecule has 2 fully saturated rings. The second-order valence-corrected chi connectivity index (χ2v) is 9.59. The molecule has 4 rings (SSSR count). The van der Waals surface area contributed by atoms with Gasteiger partial charge in [-0.1, -0.05) is 36.8 Å². The molecular weight excluding hydrogens is 374 g/mol. The number of amides is 1. The van der Waals surface area contributed by atoms with E-state index in [-0.39, 0.29) is 23.6 Å². The molecule has 0 bridgehead atoms. The Kier molecular flexibility index (Phi) is 5.46. The van der Waals surface area contributed by atoms with E-state index in [1.165, 1.54) is 0 Å². The number of carbonyl (C=O) groups excluding carboxylic acids is 1. The van der Waals surface area contributed by atoms with E-state index in [0.29, 0.717) is 25.1 Å². The fourth-order valence-electron chi connectivity index (χ4n) is 4.30. The van der Waals surface area contributed by atoms with Crippen molar-refractivity contribution in [3.63, 3.8) is 0 Å². The number of hydrogen-bond acceptors (Lipinski definition) is 4. The van der Waals surface area contributed by atoms with Crippen LogP contribution < -0.4 is 5.32 Å². The Morgan fingerprint density at radius 3 is 2.61 bits per heavy atom. The van der Waals surface area contributed by atoms with E-state index >= 15 is 0 Å². The molecule has 1 aromatic heterocycles. The lowest BCUT2D eigenvalue weighted by atomic mass is 10.0. The fourth-order valence-corrected chi connectivity index (χ4v) is 6.13. The monoisotopic (exact) mass is 399 g/mol. The molecule has 0 spiro atoms. The lowest BCUT2D eigenvalue weighted by Gasteiger charge is -2.28. The highest BCUT2D eigenvalue weighted by Crippen LogP contribution is 2.33. The number of rotatable bonds is 5. The summed E-state index contributed by atoms with van der Waals surface area (Å²) in [6.45, 7) is 1.11. The van der Waals surface area contributed by atoms with Gasteiger partial charge in [-0.15, -0.1) is 0 Å². The summed E-state index contributed by atoms with van der Waals surface area (Å²) in [5, 5.41) is 2.98. The lowest BCUT2D eigenvalue weighted by molar-refractivity contribution is 0.0942. The summed E-state index contributed by atoms with van der Waals surface area (Å²) < 4.78 is 26.1. The molecule has 1 saturated carbocycles. The van der Waals surface area contributed by atoms with Gasteiger partial charge in [-0.3, -0.25) is 9.78 Å². The van der Waals surface area contributed by atoms with E-state index in [1.807, 2.05) is 36.4 Å². The van der Waals surface area contributed by atoms with E-state index in [0.717, 1.165) is 30.5 Å². The van der Waals surface area contributed by atoms with Gasteiger partial charge in [0.1, 0.15) is 0 Å². The highest BCUT2D eigenvalue weighted by molar-refractivity contribution is 7.89. The number of benzene rings is 1. The van der Waals surface area contributed by atoms with Crippen molar-refractivity contribution < 1.29 is 13.2 Å². The van der Waals surface area contributed by atoms with Gasteiger partial charge in [-0.25, -0.2) is 8.42 Å². The number of pyridine rings is 1. The molecule has 7 heteroatoms. The van der Waals surface area contributed by atoms with E-state index in [1.54, 1.807) is 16.6 Å². The Bertz CT molecular complexity index is 929. The minimum atomic E-state index is -3.11. The Balaban J connectivity index is 1.37. The molecule has 1 aliphatic heterocycles. The van der Waals surface area contributed by atoms with E-state index in [9.17, 15) is 13.2 Å². The van der Waals surface area contributed by atoms with Crippen LogP contribution in [0.15, 0.2) is 48.7 Å². The maximum absolute atomic E-state index is 12.5. The van der Waals surface area contributed by atoms with Crippen molar-refractivity contribution >= 4 is 15.9 Å². The molecule has 1 N–H and O–H groups in total. The smallest absolute Gasteiger partial charge is 0.252 e. The molecule has 0 radical (unpaired) electrons. The topological polar surface area (TPSA) is 79.4 Å². The van der Waals surface area contributed by atoms with Crippen molar-refractivity contribution in [3.8, 4) is 11.3 Å². The van der Waals surface area contributed by atoms with Crippen LogP contribution in [0.5, 0.6) is 0 Å². The summed E-state index contributed by atoms with van der Waals surface area (Å²) in [5.41, 5.74) is 2.35. The zero-order chi connectivity index (χ0) is 19.6. The van der Waals surface area contributed by atoms with Crippen LogP contribution in [-0.2, 0) is 10.0 Å². The molecule has 2 heterocycles. The predicted octanol–water partition coefficient (Wildman–Crippen LogP) is 2.68. The molecule has 148 valence electrons. The van der Waals surface area contributed by atoms with Gasteiger partial charge in [-0.05, 0) is 37.3 Å². The number of nitrogens with zero attached hydrogens (tertiary/aromatic N) is 2. The van der Waals surface area contributed by atoms with Gasteiger partial charge in [-0.2, -0.15) is 4.31 Å². The Hall–Kier alpha value is -2.25. The first-order valence-corrected chi connectivity index (χ1v) is 11.4. The third-order valence-corrected chi connectivity index (χ3v) is 7.72. The minimum Gasteiger partial charge on any atom is -0.352 e. The largest absolute Gasteiger partial charge is 0.352 e. The van der Waals surface area contributed by atoms with Gasteiger partial charge in [0.15, 0.2) is 0 Å². The van der Waals surface area contributed by atoms with E-state index in [2.05, 4.69) is 10.3 Å². The van der Waals surface area contributed by atoms with Crippen molar-refractivity contribution in [2.75, 3.05) is 18.8 Å². The molecule has 1 saturated heterocycles. The third kappa shape index (κ3) is 3.95. The molecule has 1 aromatic carbocycles. The van der Waals surface area contributed by atoms with Crippen LogP contribution >= 0.6 is 0 Å². The maximum atomic E-state index is 12.5. The van der Waals surface area contributed by atoms with Gasteiger partial charge in [0.25, 0.3) is 5.91 Å². The highest BCUT2D eigenvalue weighted by Gasteiger charge is 2.40. The Labute approximate surface area is 166 Å². The third-order valence-electron chi connectivity index (χ3n) is 5.75. The first-order chi connectivity index (χ1) is 13.5. The summed E-state index contributed by atoms with van der Waals surface area (Å²) in [6, 6.07) is 13.5. The number of aromatic nitrogens is 1. The van der Waals surface area contributed by atoms with Gasteiger partial charge < -0.3 is 5.32 Å². The second-order valence-electron chi connectivity index (χ2n) is 7.55. The second kappa shape index (κ2) is 8.01. The zero-order valence-corrected chi connectivity index (χ0v) is 16.6. The maximum Gasteiger partial charge on any atom is 0.252 e. The van der Waals surface area contributed by atoms with Crippen molar-refractivity contribution in [1.82, 2.24) is 14.6 Å². The average molecular weight is 400 g/mol. The van der Waals surface area contributed by atoms with Crippen LogP contribution in [0, 0.1) is 5.92 Å². The Morgan fingerprint density at radius 2 is 1.93 bits per heavy atom. The van der Waals surface area contributed by atoms with E-state index in [4.69, 9.17) is 0 Å². The number of sulfonamides is 1.